The highest BCUT2D eigenvalue weighted by atomic mass is 32.2. The number of nitrogens with zero attached hydrogens (tertiary/aromatic N) is 4. The van der Waals surface area contributed by atoms with Crippen molar-refractivity contribution in [3.63, 3.8) is 0 Å². The van der Waals surface area contributed by atoms with Gasteiger partial charge in [-0.05, 0) is 11.5 Å². The molecule has 0 amide bonds. The van der Waals surface area contributed by atoms with Crippen LogP contribution in [0.3, 0.4) is 0 Å². The molecular weight excluding hydrogens is 208 g/mol. The lowest BCUT2D eigenvalue weighted by molar-refractivity contribution is 0.881. The molecule has 0 aliphatic carbocycles. The molecule has 0 bridgehead atoms. The molecule has 2 aromatic heterocycles. The van der Waals surface area contributed by atoms with Gasteiger partial charge in [0.2, 0.25) is 5.82 Å². The van der Waals surface area contributed by atoms with Crippen molar-refractivity contribution in [1.29, 1.82) is 0 Å². The third-order valence-corrected chi connectivity index (χ3v) is 3.41. The summed E-state index contributed by atoms with van der Waals surface area (Å²) in [4.78, 5) is 4.88. The molecule has 6 nitrogen and oxygen atoms in total. The van der Waals surface area contributed by atoms with E-state index in [0.717, 1.165) is 9.22 Å². The van der Waals surface area contributed by atoms with Gasteiger partial charge in [0, 0.05) is 0 Å². The summed E-state index contributed by atoms with van der Waals surface area (Å²) >= 11 is 3.00. The van der Waals surface area contributed by atoms with Crippen LogP contribution in [0.2, 0.25) is 0 Å². The van der Waals surface area contributed by atoms with Gasteiger partial charge in [0.25, 0.3) is 0 Å². The second kappa shape index (κ2) is 3.30. The van der Waals surface area contributed by atoms with Gasteiger partial charge < -0.3 is 5.73 Å². The molecule has 2 rings (SSSR count). The van der Waals surface area contributed by atoms with Gasteiger partial charge in [0.15, 0.2) is 4.34 Å². The Balaban J connectivity index is 2.46. The van der Waals surface area contributed by atoms with Crippen molar-refractivity contribution in [3.8, 4) is 10.7 Å². The van der Waals surface area contributed by atoms with Crippen LogP contribution in [-0.2, 0) is 0 Å². The number of H-pyrrole nitrogens is 1. The van der Waals surface area contributed by atoms with Crippen molar-refractivity contribution in [2.45, 2.75) is 4.34 Å². The molecule has 0 radical (unpaired) electrons. The largest absolute Gasteiger partial charge is 0.382 e. The van der Waals surface area contributed by atoms with Crippen molar-refractivity contribution in [1.82, 2.24) is 25.6 Å². The number of nitrogen functional groups attached to an aromatic ring is 1. The number of thiazole rings is 1. The maximum Gasteiger partial charge on any atom is 0.218 e. The second-order valence-electron chi connectivity index (χ2n) is 2.13. The van der Waals surface area contributed by atoms with E-state index in [1.807, 2.05) is 6.26 Å². The number of tetrazole rings is 1. The van der Waals surface area contributed by atoms with Crippen molar-refractivity contribution < 1.29 is 0 Å². The van der Waals surface area contributed by atoms with Gasteiger partial charge in [-0.3, -0.25) is 0 Å². The number of nitrogens with one attached hydrogen (secondary N) is 1. The quantitative estimate of drug-likeness (QED) is 0.712. The molecule has 8 heteroatoms. The molecule has 0 fully saturated rings. The minimum Gasteiger partial charge on any atom is -0.382 e. The van der Waals surface area contributed by atoms with E-state index in [1.54, 1.807) is 11.8 Å². The van der Waals surface area contributed by atoms with Crippen LogP contribution in [0.15, 0.2) is 4.34 Å². The number of anilines is 1. The summed E-state index contributed by atoms with van der Waals surface area (Å²) < 4.78 is 0.900. The minimum absolute atomic E-state index is 0.454. The number of rotatable bonds is 2. The fourth-order valence-corrected chi connectivity index (χ4v) is 2.24. The summed E-state index contributed by atoms with van der Waals surface area (Å²) in [5, 5.41) is 13.5. The van der Waals surface area contributed by atoms with E-state index in [4.69, 9.17) is 5.73 Å². The zero-order chi connectivity index (χ0) is 9.26. The molecule has 0 atom stereocenters. The summed E-state index contributed by atoms with van der Waals surface area (Å²) in [5.74, 6) is 0.950. The monoisotopic (exact) mass is 214 g/mol. The topological polar surface area (TPSA) is 93.4 Å². The van der Waals surface area contributed by atoms with Crippen LogP contribution in [0.25, 0.3) is 10.7 Å². The zero-order valence-electron chi connectivity index (χ0n) is 6.68. The summed E-state index contributed by atoms with van der Waals surface area (Å²) in [6.07, 6.45) is 1.94. The first-order valence-electron chi connectivity index (χ1n) is 3.35. The lowest BCUT2D eigenvalue weighted by atomic mass is 10.5. The lowest BCUT2D eigenvalue weighted by Crippen LogP contribution is -1.88. The Morgan fingerprint density at radius 2 is 2.38 bits per heavy atom. The average molecular weight is 214 g/mol. The number of nitrogens with two attached hydrogens (primary N) is 1. The minimum atomic E-state index is 0.454. The average Bonchev–Trinajstić information content (AvgIpc) is 2.72. The Morgan fingerprint density at radius 3 is 2.92 bits per heavy atom. The third kappa shape index (κ3) is 1.49. The van der Waals surface area contributed by atoms with Crippen molar-refractivity contribution in [2.75, 3.05) is 12.0 Å². The van der Waals surface area contributed by atoms with Crippen LogP contribution in [0.5, 0.6) is 0 Å². The van der Waals surface area contributed by atoms with E-state index in [-0.39, 0.29) is 0 Å². The highest BCUT2D eigenvalue weighted by molar-refractivity contribution is 8.00. The molecule has 0 aliphatic heterocycles. The van der Waals surface area contributed by atoms with Gasteiger partial charge in [-0.1, -0.05) is 11.8 Å². The fraction of sp³-hybridized carbons (Fsp3) is 0.200. The Morgan fingerprint density at radius 1 is 1.54 bits per heavy atom. The summed E-state index contributed by atoms with van der Waals surface area (Å²) in [6, 6.07) is 0. The van der Waals surface area contributed by atoms with Crippen LogP contribution < -0.4 is 5.73 Å². The molecule has 0 saturated heterocycles. The smallest absolute Gasteiger partial charge is 0.218 e. The number of aromatic nitrogens is 5. The maximum atomic E-state index is 5.67. The standard InChI is InChI=1S/C5H6N6S2/c1-12-5-7-3(6)2(13-5)4-8-10-11-9-4/h6H2,1H3,(H,8,9,10,11). The second-order valence-corrected chi connectivity index (χ2v) is 4.19. The fourth-order valence-electron chi connectivity index (χ4n) is 0.817. The Kier molecular flexibility index (Phi) is 2.15. The van der Waals surface area contributed by atoms with Crippen LogP contribution in [0, 0.1) is 0 Å². The third-order valence-electron chi connectivity index (χ3n) is 1.36. The van der Waals surface area contributed by atoms with Crippen LogP contribution in [0.4, 0.5) is 5.82 Å². The predicted octanol–water partition coefficient (Wildman–Crippen LogP) is 0.627. The highest BCUT2D eigenvalue weighted by Gasteiger charge is 2.13. The van der Waals surface area contributed by atoms with Crippen molar-refractivity contribution >= 4 is 28.9 Å². The molecule has 0 unspecified atom stereocenters. The number of aromatic amines is 1. The Bertz CT molecular complexity index is 393. The maximum absolute atomic E-state index is 5.67. The Labute approximate surface area is 81.9 Å². The molecule has 0 aliphatic rings. The molecule has 0 spiro atoms. The molecule has 2 aromatic rings. The first-order valence-corrected chi connectivity index (χ1v) is 5.39. The van der Waals surface area contributed by atoms with Crippen LogP contribution in [-0.4, -0.2) is 31.9 Å². The van der Waals surface area contributed by atoms with E-state index >= 15 is 0 Å². The van der Waals surface area contributed by atoms with Gasteiger partial charge >= 0.3 is 0 Å². The molecule has 2 heterocycles. The van der Waals surface area contributed by atoms with E-state index < -0.39 is 0 Å². The predicted molar refractivity (Wildman–Crippen MR) is 51.5 cm³/mol. The number of hydrogen-bond donors (Lipinski definition) is 2. The van der Waals surface area contributed by atoms with E-state index in [2.05, 4.69) is 25.6 Å². The lowest BCUT2D eigenvalue weighted by Gasteiger charge is -1.85. The van der Waals surface area contributed by atoms with Gasteiger partial charge in [0.05, 0.1) is 0 Å². The normalized spacial score (nSPS) is 10.5. The van der Waals surface area contributed by atoms with Crippen molar-refractivity contribution in [3.05, 3.63) is 0 Å². The van der Waals surface area contributed by atoms with Gasteiger partial charge in [-0.15, -0.1) is 21.5 Å². The van der Waals surface area contributed by atoms with Crippen molar-refractivity contribution in [2.24, 2.45) is 0 Å². The molecular formula is C5H6N6S2. The molecule has 0 aromatic carbocycles. The summed E-state index contributed by atoms with van der Waals surface area (Å²) in [5.41, 5.74) is 5.67. The molecule has 0 saturated carbocycles. The van der Waals surface area contributed by atoms with Gasteiger partial charge in [0.1, 0.15) is 10.7 Å². The Hall–Kier alpha value is -1.15. The summed E-state index contributed by atoms with van der Waals surface area (Å²) in [6.45, 7) is 0. The van der Waals surface area contributed by atoms with E-state index in [1.165, 1.54) is 11.3 Å². The SMILES string of the molecule is CSc1nc(N)c(-c2nn[nH]n2)s1. The zero-order valence-corrected chi connectivity index (χ0v) is 8.32. The van der Waals surface area contributed by atoms with Gasteiger partial charge in [-0.25, -0.2) is 4.98 Å². The van der Waals surface area contributed by atoms with Crippen LogP contribution >= 0.6 is 23.1 Å². The number of thioether (sulfide) groups is 1. The van der Waals surface area contributed by atoms with E-state index in [9.17, 15) is 0 Å². The van der Waals surface area contributed by atoms with E-state index in [0.29, 0.717) is 11.6 Å². The summed E-state index contributed by atoms with van der Waals surface area (Å²) in [7, 11) is 0. The van der Waals surface area contributed by atoms with Gasteiger partial charge in [-0.2, -0.15) is 5.21 Å². The first-order chi connectivity index (χ1) is 6.31. The molecule has 13 heavy (non-hydrogen) atoms. The highest BCUT2D eigenvalue weighted by Crippen LogP contribution is 2.33. The first kappa shape index (κ1) is 8.45. The molecule has 3 N–H and O–H groups in total. The number of hydrogen-bond acceptors (Lipinski definition) is 7. The van der Waals surface area contributed by atoms with Crippen LogP contribution in [0.1, 0.15) is 0 Å². The molecule has 68 valence electrons.